The zero-order valence-corrected chi connectivity index (χ0v) is 12.2. The van der Waals surface area contributed by atoms with E-state index in [2.05, 4.69) is 20.8 Å². The molecule has 0 saturated heterocycles. The molecule has 7 heteroatoms. The molecule has 0 aliphatic carbocycles. The summed E-state index contributed by atoms with van der Waals surface area (Å²) < 4.78 is 0. The molecule has 0 radical (unpaired) electrons. The Morgan fingerprint density at radius 1 is 1.00 bits per heavy atom. The van der Waals surface area contributed by atoms with Crippen LogP contribution < -0.4 is 10.9 Å². The molecular weight excluding hydrogens is 300 g/mol. The number of thiazole rings is 1. The van der Waals surface area contributed by atoms with Gasteiger partial charge < -0.3 is 4.98 Å². The van der Waals surface area contributed by atoms with Crippen molar-refractivity contribution in [2.24, 2.45) is 0 Å². The van der Waals surface area contributed by atoms with Gasteiger partial charge in [-0.3, -0.25) is 20.4 Å². The highest BCUT2D eigenvalue weighted by Gasteiger charge is 2.13. The minimum atomic E-state index is -0.460. The third-order valence-corrected chi connectivity index (χ3v) is 3.78. The van der Waals surface area contributed by atoms with Crippen LogP contribution in [0.4, 0.5) is 0 Å². The monoisotopic (exact) mass is 312 g/mol. The van der Waals surface area contributed by atoms with Crippen LogP contribution in [0.1, 0.15) is 21.0 Å². The number of carbonyl (C=O) groups is 2. The van der Waals surface area contributed by atoms with Crippen molar-refractivity contribution in [2.45, 2.75) is 0 Å². The fourth-order valence-electron chi connectivity index (χ4n) is 1.81. The van der Waals surface area contributed by atoms with Crippen LogP contribution in [0.5, 0.6) is 0 Å². The van der Waals surface area contributed by atoms with Gasteiger partial charge in [-0.15, -0.1) is 11.3 Å². The van der Waals surface area contributed by atoms with Gasteiger partial charge in [-0.05, 0) is 12.1 Å². The number of rotatable bonds is 3. The summed E-state index contributed by atoms with van der Waals surface area (Å²) in [6.45, 7) is 0. The maximum absolute atomic E-state index is 12.0. The molecule has 22 heavy (non-hydrogen) atoms. The highest BCUT2D eigenvalue weighted by Crippen LogP contribution is 2.22. The molecule has 2 amide bonds. The van der Waals surface area contributed by atoms with Crippen molar-refractivity contribution in [1.29, 1.82) is 0 Å². The van der Waals surface area contributed by atoms with Gasteiger partial charge >= 0.3 is 0 Å². The van der Waals surface area contributed by atoms with Crippen LogP contribution in [0, 0.1) is 0 Å². The van der Waals surface area contributed by atoms with Crippen molar-refractivity contribution in [3.8, 4) is 10.6 Å². The van der Waals surface area contributed by atoms with Gasteiger partial charge in [-0.2, -0.15) is 0 Å². The quantitative estimate of drug-likeness (QED) is 0.648. The maximum Gasteiger partial charge on any atom is 0.289 e. The maximum atomic E-state index is 12.0. The molecule has 0 spiro atoms. The number of aromatic amines is 1. The summed E-state index contributed by atoms with van der Waals surface area (Å²) >= 11 is 1.37. The standard InChI is InChI=1S/C15H12N4O2S/c20-13(11-7-4-8-16-11)18-19-14(21)12-9-22-15(17-12)10-5-2-1-3-6-10/h1-9,16H,(H,18,20)(H,19,21). The lowest BCUT2D eigenvalue weighted by Crippen LogP contribution is -2.41. The summed E-state index contributed by atoms with van der Waals surface area (Å²) in [5.74, 6) is -0.879. The number of hydrogen-bond donors (Lipinski definition) is 3. The molecule has 0 aliphatic heterocycles. The summed E-state index contributed by atoms with van der Waals surface area (Å²) in [5, 5.41) is 2.40. The second kappa shape index (κ2) is 6.23. The number of aromatic nitrogens is 2. The molecule has 2 aromatic heterocycles. The number of hydrazine groups is 1. The molecule has 3 N–H and O–H groups in total. The van der Waals surface area contributed by atoms with Gasteiger partial charge in [-0.1, -0.05) is 30.3 Å². The second-order valence-electron chi connectivity index (χ2n) is 4.40. The van der Waals surface area contributed by atoms with Gasteiger partial charge in [-0.25, -0.2) is 4.98 Å². The third kappa shape index (κ3) is 3.04. The first-order chi connectivity index (χ1) is 10.7. The lowest BCUT2D eigenvalue weighted by Gasteiger charge is -2.04. The first kappa shape index (κ1) is 14.0. The number of hydrogen-bond acceptors (Lipinski definition) is 4. The Morgan fingerprint density at radius 3 is 2.50 bits per heavy atom. The van der Waals surface area contributed by atoms with E-state index >= 15 is 0 Å². The molecule has 0 saturated carbocycles. The van der Waals surface area contributed by atoms with E-state index in [9.17, 15) is 9.59 Å². The number of nitrogens with zero attached hydrogens (tertiary/aromatic N) is 1. The summed E-state index contributed by atoms with van der Waals surface area (Å²) in [7, 11) is 0. The van der Waals surface area contributed by atoms with E-state index < -0.39 is 11.8 Å². The van der Waals surface area contributed by atoms with Crippen molar-refractivity contribution in [3.63, 3.8) is 0 Å². The number of nitrogens with one attached hydrogen (secondary N) is 3. The Labute approximate surface area is 130 Å². The Kier molecular flexibility index (Phi) is 3.97. The number of benzene rings is 1. The minimum absolute atomic E-state index is 0.260. The van der Waals surface area contributed by atoms with Crippen LogP contribution in [0.3, 0.4) is 0 Å². The van der Waals surface area contributed by atoms with Gasteiger partial charge in [0.05, 0.1) is 0 Å². The molecule has 1 aromatic carbocycles. The average Bonchev–Trinajstić information content (AvgIpc) is 3.24. The van der Waals surface area contributed by atoms with E-state index in [1.165, 1.54) is 11.3 Å². The first-order valence-electron chi connectivity index (χ1n) is 6.49. The third-order valence-electron chi connectivity index (χ3n) is 2.89. The Morgan fingerprint density at radius 2 is 1.77 bits per heavy atom. The molecule has 0 unspecified atom stereocenters. The molecule has 3 aromatic rings. The van der Waals surface area contributed by atoms with Gasteiger partial charge in [0.2, 0.25) is 0 Å². The van der Waals surface area contributed by atoms with Crippen LogP contribution in [-0.2, 0) is 0 Å². The van der Waals surface area contributed by atoms with E-state index in [1.807, 2.05) is 30.3 Å². The highest BCUT2D eigenvalue weighted by atomic mass is 32.1. The summed E-state index contributed by atoms with van der Waals surface area (Å²) in [6, 6.07) is 12.9. The lowest BCUT2D eigenvalue weighted by molar-refractivity contribution is 0.0842. The zero-order chi connectivity index (χ0) is 15.4. The van der Waals surface area contributed by atoms with Crippen LogP contribution in [0.15, 0.2) is 54.0 Å². The summed E-state index contributed by atoms with van der Waals surface area (Å²) in [6.07, 6.45) is 1.63. The topological polar surface area (TPSA) is 86.9 Å². The molecule has 3 rings (SSSR count). The van der Waals surface area contributed by atoms with Gasteiger partial charge in [0.1, 0.15) is 16.4 Å². The van der Waals surface area contributed by atoms with Crippen molar-refractivity contribution in [2.75, 3.05) is 0 Å². The SMILES string of the molecule is O=C(NNC(=O)c1ccc[nH]1)c1csc(-c2ccccc2)n1. The fraction of sp³-hybridized carbons (Fsp3) is 0. The van der Waals surface area contributed by atoms with E-state index in [-0.39, 0.29) is 5.69 Å². The summed E-state index contributed by atoms with van der Waals surface area (Å²) in [5.41, 5.74) is 6.24. The van der Waals surface area contributed by atoms with E-state index in [0.29, 0.717) is 5.69 Å². The molecule has 110 valence electrons. The lowest BCUT2D eigenvalue weighted by atomic mass is 10.2. The second-order valence-corrected chi connectivity index (χ2v) is 5.25. The molecule has 2 heterocycles. The number of H-pyrrole nitrogens is 1. The first-order valence-corrected chi connectivity index (χ1v) is 7.37. The number of amides is 2. The van der Waals surface area contributed by atoms with E-state index in [0.717, 1.165) is 10.6 Å². The minimum Gasteiger partial charge on any atom is -0.357 e. The Balaban J connectivity index is 1.64. The average molecular weight is 312 g/mol. The molecular formula is C15H12N4O2S. The van der Waals surface area contributed by atoms with E-state index in [1.54, 1.807) is 23.7 Å². The Hall–Kier alpha value is -2.93. The molecule has 0 fully saturated rings. The van der Waals surface area contributed by atoms with Crippen molar-refractivity contribution < 1.29 is 9.59 Å². The predicted molar refractivity (Wildman–Crippen MR) is 83.3 cm³/mol. The van der Waals surface area contributed by atoms with Crippen LogP contribution in [-0.4, -0.2) is 21.8 Å². The van der Waals surface area contributed by atoms with Crippen LogP contribution in [0.25, 0.3) is 10.6 Å². The van der Waals surface area contributed by atoms with Crippen LogP contribution in [0.2, 0.25) is 0 Å². The Bertz CT molecular complexity index is 781. The van der Waals surface area contributed by atoms with Gasteiger partial charge in [0.25, 0.3) is 11.8 Å². The van der Waals surface area contributed by atoms with Gasteiger partial charge in [0, 0.05) is 17.1 Å². The zero-order valence-electron chi connectivity index (χ0n) is 11.4. The largest absolute Gasteiger partial charge is 0.357 e. The summed E-state index contributed by atoms with van der Waals surface area (Å²) in [4.78, 5) is 30.7. The molecule has 6 nitrogen and oxygen atoms in total. The number of carbonyl (C=O) groups excluding carboxylic acids is 2. The highest BCUT2D eigenvalue weighted by molar-refractivity contribution is 7.13. The predicted octanol–water partition coefficient (Wildman–Crippen LogP) is 2.21. The van der Waals surface area contributed by atoms with Crippen molar-refractivity contribution in [1.82, 2.24) is 20.8 Å². The molecule has 0 atom stereocenters. The van der Waals surface area contributed by atoms with Crippen molar-refractivity contribution in [3.05, 3.63) is 65.4 Å². The van der Waals surface area contributed by atoms with E-state index in [4.69, 9.17) is 0 Å². The van der Waals surface area contributed by atoms with Crippen molar-refractivity contribution >= 4 is 23.2 Å². The fourth-order valence-corrected chi connectivity index (χ4v) is 2.61. The molecule has 0 bridgehead atoms. The normalized spacial score (nSPS) is 10.2. The smallest absolute Gasteiger partial charge is 0.289 e. The van der Waals surface area contributed by atoms with Crippen LogP contribution >= 0.6 is 11.3 Å². The molecule has 0 aliphatic rings. The van der Waals surface area contributed by atoms with Gasteiger partial charge in [0.15, 0.2) is 0 Å².